The summed E-state index contributed by atoms with van der Waals surface area (Å²) in [5.74, 6) is -1.10. The maximum Gasteiger partial charge on any atom is 0.408 e. The second kappa shape index (κ2) is 11.5. The highest BCUT2D eigenvalue weighted by atomic mass is 16.5. The first-order chi connectivity index (χ1) is 14.0. The van der Waals surface area contributed by atoms with Gasteiger partial charge in [-0.25, -0.2) is 4.79 Å². The molecule has 2 aromatic carbocycles. The fraction of sp³-hybridized carbons (Fsp3) is 0.318. The second-order valence-electron chi connectivity index (χ2n) is 6.70. The summed E-state index contributed by atoms with van der Waals surface area (Å²) in [6.45, 7) is 2.00. The summed E-state index contributed by atoms with van der Waals surface area (Å²) in [6, 6.07) is 16.8. The number of hydrogen-bond donors (Lipinski definition) is 3. The van der Waals surface area contributed by atoms with Gasteiger partial charge in [-0.15, -0.1) is 0 Å². The third kappa shape index (κ3) is 7.65. The first-order valence-corrected chi connectivity index (χ1v) is 9.60. The van der Waals surface area contributed by atoms with Crippen LogP contribution in [0.15, 0.2) is 60.7 Å². The van der Waals surface area contributed by atoms with E-state index in [4.69, 9.17) is 10.5 Å². The zero-order valence-corrected chi connectivity index (χ0v) is 16.5. The van der Waals surface area contributed by atoms with Crippen molar-refractivity contribution in [1.82, 2.24) is 10.6 Å². The number of amides is 3. The van der Waals surface area contributed by atoms with Crippen LogP contribution in [0.4, 0.5) is 4.79 Å². The van der Waals surface area contributed by atoms with Crippen LogP contribution in [-0.4, -0.2) is 30.0 Å². The highest BCUT2D eigenvalue weighted by molar-refractivity contribution is 5.90. The maximum atomic E-state index is 12.7. The highest BCUT2D eigenvalue weighted by Gasteiger charge is 2.25. The van der Waals surface area contributed by atoms with Gasteiger partial charge in [0, 0.05) is 6.42 Å². The number of carbonyl (C=O) groups is 3. The van der Waals surface area contributed by atoms with Gasteiger partial charge >= 0.3 is 6.09 Å². The number of nitrogens with one attached hydrogen (secondary N) is 2. The molecule has 154 valence electrons. The van der Waals surface area contributed by atoms with Crippen LogP contribution < -0.4 is 16.4 Å². The Balaban J connectivity index is 1.93. The van der Waals surface area contributed by atoms with Crippen LogP contribution in [0, 0.1) is 0 Å². The number of carbonyl (C=O) groups excluding carboxylic acids is 3. The normalized spacial score (nSPS) is 12.4. The number of benzene rings is 2. The molecular weight excluding hydrogens is 370 g/mol. The van der Waals surface area contributed by atoms with Crippen molar-refractivity contribution in [3.63, 3.8) is 0 Å². The summed E-state index contributed by atoms with van der Waals surface area (Å²) in [5.41, 5.74) is 7.17. The summed E-state index contributed by atoms with van der Waals surface area (Å²) in [6.07, 6.45) is 0.653. The number of rotatable bonds is 10. The van der Waals surface area contributed by atoms with Crippen molar-refractivity contribution in [3.8, 4) is 0 Å². The van der Waals surface area contributed by atoms with E-state index < -0.39 is 30.0 Å². The number of nitrogens with two attached hydrogens (primary N) is 1. The largest absolute Gasteiger partial charge is 0.445 e. The molecule has 2 aromatic rings. The molecule has 0 heterocycles. The zero-order chi connectivity index (χ0) is 21.1. The zero-order valence-electron chi connectivity index (χ0n) is 16.5. The van der Waals surface area contributed by atoms with E-state index in [1.54, 1.807) is 0 Å². The molecule has 3 amide bonds. The molecule has 0 spiro atoms. The lowest BCUT2D eigenvalue weighted by atomic mass is 10.0. The number of hydrogen-bond acceptors (Lipinski definition) is 4. The lowest BCUT2D eigenvalue weighted by Crippen LogP contribution is -2.53. The summed E-state index contributed by atoms with van der Waals surface area (Å²) >= 11 is 0. The summed E-state index contributed by atoms with van der Waals surface area (Å²) < 4.78 is 5.18. The van der Waals surface area contributed by atoms with Crippen LogP contribution in [0.2, 0.25) is 0 Å². The van der Waals surface area contributed by atoms with Crippen molar-refractivity contribution in [2.24, 2.45) is 5.73 Å². The molecule has 0 unspecified atom stereocenters. The molecule has 0 fully saturated rings. The van der Waals surface area contributed by atoms with Gasteiger partial charge in [-0.1, -0.05) is 74.0 Å². The van der Waals surface area contributed by atoms with Crippen LogP contribution in [0.25, 0.3) is 0 Å². The minimum atomic E-state index is -0.869. The molecule has 29 heavy (non-hydrogen) atoms. The van der Waals surface area contributed by atoms with Gasteiger partial charge in [-0.05, 0) is 17.5 Å². The van der Waals surface area contributed by atoms with E-state index in [9.17, 15) is 14.4 Å². The summed E-state index contributed by atoms with van der Waals surface area (Å²) in [5, 5.41) is 5.22. The third-order valence-corrected chi connectivity index (χ3v) is 4.34. The van der Waals surface area contributed by atoms with Gasteiger partial charge in [0.05, 0.1) is 0 Å². The van der Waals surface area contributed by atoms with Crippen LogP contribution in [0.3, 0.4) is 0 Å². The number of primary amides is 1. The topological polar surface area (TPSA) is 111 Å². The minimum absolute atomic E-state index is 0.102. The average Bonchev–Trinajstić information content (AvgIpc) is 2.73. The molecule has 0 aliphatic rings. The van der Waals surface area contributed by atoms with Crippen LogP contribution in [0.5, 0.6) is 0 Å². The Morgan fingerprint density at radius 1 is 0.897 bits per heavy atom. The van der Waals surface area contributed by atoms with Crippen molar-refractivity contribution < 1.29 is 19.1 Å². The lowest BCUT2D eigenvalue weighted by molar-refractivity contribution is -0.128. The highest BCUT2D eigenvalue weighted by Crippen LogP contribution is 2.06. The Hall–Kier alpha value is -3.35. The molecule has 7 nitrogen and oxygen atoms in total. The van der Waals surface area contributed by atoms with Gasteiger partial charge < -0.3 is 21.1 Å². The Morgan fingerprint density at radius 3 is 2.03 bits per heavy atom. The van der Waals surface area contributed by atoms with E-state index in [0.29, 0.717) is 12.8 Å². The minimum Gasteiger partial charge on any atom is -0.445 e. The van der Waals surface area contributed by atoms with E-state index >= 15 is 0 Å². The molecule has 0 saturated heterocycles. The van der Waals surface area contributed by atoms with E-state index in [1.165, 1.54) is 0 Å². The average molecular weight is 397 g/mol. The standard InChI is InChI=1S/C22H27N3O4/c1-2-9-18(25-22(28)29-15-17-12-7-4-8-13-17)21(27)24-19(20(23)26)14-16-10-5-3-6-11-16/h3-8,10-13,18-19H,2,9,14-15H2,1H3,(H2,23,26)(H,24,27)(H,25,28)/t18-,19+/m1/s1. The van der Waals surface area contributed by atoms with Crippen molar-refractivity contribution in [3.05, 3.63) is 71.8 Å². The number of alkyl carbamates (subject to hydrolysis) is 1. The molecule has 0 aliphatic heterocycles. The summed E-state index contributed by atoms with van der Waals surface area (Å²) in [4.78, 5) is 36.6. The Morgan fingerprint density at radius 2 is 1.48 bits per heavy atom. The first-order valence-electron chi connectivity index (χ1n) is 9.60. The number of ether oxygens (including phenoxy) is 1. The van der Waals surface area contributed by atoms with Crippen molar-refractivity contribution in [2.45, 2.75) is 44.9 Å². The molecule has 0 aliphatic carbocycles. The van der Waals surface area contributed by atoms with Gasteiger partial charge in [0.25, 0.3) is 0 Å². The van der Waals surface area contributed by atoms with Crippen molar-refractivity contribution >= 4 is 17.9 Å². The van der Waals surface area contributed by atoms with Gasteiger partial charge in [0.2, 0.25) is 11.8 Å². The molecule has 0 saturated carbocycles. The van der Waals surface area contributed by atoms with Crippen molar-refractivity contribution in [2.75, 3.05) is 0 Å². The van der Waals surface area contributed by atoms with Crippen molar-refractivity contribution in [1.29, 1.82) is 0 Å². The SMILES string of the molecule is CCC[C@@H](NC(=O)OCc1ccccc1)C(=O)N[C@@H](Cc1ccccc1)C(N)=O. The molecular formula is C22H27N3O4. The molecule has 4 N–H and O–H groups in total. The second-order valence-corrected chi connectivity index (χ2v) is 6.70. The van der Waals surface area contributed by atoms with Gasteiger partial charge in [-0.2, -0.15) is 0 Å². The van der Waals surface area contributed by atoms with Crippen LogP contribution >= 0.6 is 0 Å². The lowest BCUT2D eigenvalue weighted by Gasteiger charge is -2.21. The first kappa shape index (κ1) is 21.9. The predicted molar refractivity (Wildman–Crippen MR) is 110 cm³/mol. The van der Waals surface area contributed by atoms with Gasteiger partial charge in [0.1, 0.15) is 18.7 Å². The predicted octanol–water partition coefficient (Wildman–Crippen LogP) is 2.29. The molecule has 0 aromatic heterocycles. The van der Waals surface area contributed by atoms with E-state index in [2.05, 4.69) is 10.6 Å². The Bertz CT molecular complexity index is 796. The van der Waals surface area contributed by atoms with E-state index in [-0.39, 0.29) is 13.0 Å². The molecule has 0 radical (unpaired) electrons. The molecule has 7 heteroatoms. The molecule has 2 atom stereocenters. The molecule has 0 bridgehead atoms. The Labute approximate surface area is 170 Å². The fourth-order valence-electron chi connectivity index (χ4n) is 2.81. The Kier molecular flexibility index (Phi) is 8.69. The van der Waals surface area contributed by atoms with Crippen LogP contribution in [0.1, 0.15) is 30.9 Å². The maximum absolute atomic E-state index is 12.7. The van der Waals surface area contributed by atoms with Gasteiger partial charge in [0.15, 0.2) is 0 Å². The van der Waals surface area contributed by atoms with Gasteiger partial charge in [-0.3, -0.25) is 9.59 Å². The smallest absolute Gasteiger partial charge is 0.408 e. The van der Waals surface area contributed by atoms with Crippen LogP contribution in [-0.2, 0) is 27.4 Å². The molecule has 2 rings (SSSR count). The fourth-order valence-corrected chi connectivity index (χ4v) is 2.81. The third-order valence-electron chi connectivity index (χ3n) is 4.34. The summed E-state index contributed by atoms with van der Waals surface area (Å²) in [7, 11) is 0. The van der Waals surface area contributed by atoms with E-state index in [0.717, 1.165) is 11.1 Å². The quantitative estimate of drug-likeness (QED) is 0.571. The monoisotopic (exact) mass is 397 g/mol. The van der Waals surface area contributed by atoms with E-state index in [1.807, 2.05) is 67.6 Å².